The number of carbonyl (C=O) groups is 3. The minimum Gasteiger partial charge on any atom is -0.462 e. The van der Waals surface area contributed by atoms with Crippen molar-refractivity contribution in [3.63, 3.8) is 0 Å². The summed E-state index contributed by atoms with van der Waals surface area (Å²) in [6, 6.07) is 0. The number of hydrogen-bond acceptors (Lipinski definition) is 6. The summed E-state index contributed by atoms with van der Waals surface area (Å²) in [6.45, 7) is 6.40. The van der Waals surface area contributed by atoms with Crippen LogP contribution in [0.15, 0.2) is 122 Å². The number of hydrogen-bond donors (Lipinski definition) is 0. The van der Waals surface area contributed by atoms with E-state index in [1.54, 1.807) is 0 Å². The highest BCUT2D eigenvalue weighted by Crippen LogP contribution is 2.16. The molecule has 79 heavy (non-hydrogen) atoms. The largest absolute Gasteiger partial charge is 0.462 e. The van der Waals surface area contributed by atoms with Gasteiger partial charge in [-0.1, -0.05) is 296 Å². The van der Waals surface area contributed by atoms with Crippen molar-refractivity contribution in [1.29, 1.82) is 0 Å². The summed E-state index contributed by atoms with van der Waals surface area (Å²) in [4.78, 5) is 38.2. The molecule has 0 fully saturated rings. The molecular weight excluding hydrogens is 973 g/mol. The summed E-state index contributed by atoms with van der Waals surface area (Å²) < 4.78 is 16.9. The Balaban J connectivity index is 4.15. The van der Waals surface area contributed by atoms with E-state index in [1.165, 1.54) is 128 Å². The van der Waals surface area contributed by atoms with E-state index in [2.05, 4.69) is 142 Å². The van der Waals surface area contributed by atoms with Crippen molar-refractivity contribution in [3.8, 4) is 0 Å². The molecule has 6 heteroatoms. The van der Waals surface area contributed by atoms with Gasteiger partial charge in [-0.25, -0.2) is 0 Å². The Morgan fingerprint density at radius 1 is 0.266 bits per heavy atom. The van der Waals surface area contributed by atoms with Crippen molar-refractivity contribution in [2.24, 2.45) is 0 Å². The Bertz CT molecular complexity index is 1640. The fourth-order valence-corrected chi connectivity index (χ4v) is 9.09. The fraction of sp³-hybridized carbons (Fsp3) is 0.685. The van der Waals surface area contributed by atoms with Gasteiger partial charge in [-0.15, -0.1) is 0 Å². The second-order valence-electron chi connectivity index (χ2n) is 21.6. The molecule has 0 radical (unpaired) electrons. The second-order valence-corrected chi connectivity index (χ2v) is 21.6. The van der Waals surface area contributed by atoms with Gasteiger partial charge in [0.25, 0.3) is 0 Å². The summed E-state index contributed by atoms with van der Waals surface area (Å²) in [7, 11) is 0. The van der Waals surface area contributed by atoms with E-state index >= 15 is 0 Å². The molecule has 0 aromatic rings. The maximum absolute atomic E-state index is 12.9. The van der Waals surface area contributed by atoms with Gasteiger partial charge in [-0.05, 0) is 109 Å². The van der Waals surface area contributed by atoms with E-state index in [1.807, 2.05) is 0 Å². The summed E-state index contributed by atoms with van der Waals surface area (Å²) in [5, 5.41) is 0. The molecule has 1 unspecified atom stereocenters. The molecule has 0 aromatic carbocycles. The van der Waals surface area contributed by atoms with Gasteiger partial charge < -0.3 is 14.2 Å². The summed E-state index contributed by atoms with van der Waals surface area (Å²) in [5.74, 6) is -0.893. The molecule has 0 saturated carbocycles. The smallest absolute Gasteiger partial charge is 0.306 e. The molecule has 450 valence electrons. The number of carbonyl (C=O) groups excluding carboxylic acids is 3. The molecule has 0 spiro atoms. The maximum atomic E-state index is 12.9. The SMILES string of the molecule is CC/C=C\C/C=C\C/C=C\C/C=C\C/C=C\C/C=C\CCCCCCCCCCCCCCCCC(=O)OCC(COC(=O)CCCCCCCCCCC)OC(=O)CCCCCCCC/C=C\C/C=C\C/C=C\C/C=C\CC. The number of ether oxygens (including phenoxy) is 3. The van der Waals surface area contributed by atoms with Gasteiger partial charge in [-0.3, -0.25) is 14.4 Å². The van der Waals surface area contributed by atoms with Crippen LogP contribution < -0.4 is 0 Å². The molecule has 0 amide bonds. The van der Waals surface area contributed by atoms with E-state index in [-0.39, 0.29) is 31.1 Å². The van der Waals surface area contributed by atoms with Crippen LogP contribution in [0.25, 0.3) is 0 Å². The Kier molecular flexibility index (Phi) is 62.8. The highest BCUT2D eigenvalue weighted by Gasteiger charge is 2.19. The van der Waals surface area contributed by atoms with Crippen molar-refractivity contribution in [2.75, 3.05) is 13.2 Å². The van der Waals surface area contributed by atoms with E-state index in [9.17, 15) is 14.4 Å². The lowest BCUT2D eigenvalue weighted by atomic mass is 10.0. The first kappa shape index (κ1) is 74.8. The summed E-state index contributed by atoms with van der Waals surface area (Å²) in [6.07, 6.45) is 92.3. The Labute approximate surface area is 488 Å². The first-order valence-electron chi connectivity index (χ1n) is 33.0. The zero-order valence-electron chi connectivity index (χ0n) is 51.6. The molecule has 6 nitrogen and oxygen atoms in total. The highest BCUT2D eigenvalue weighted by molar-refractivity contribution is 5.71. The lowest BCUT2D eigenvalue weighted by Crippen LogP contribution is -2.30. The third kappa shape index (κ3) is 64.5. The standard InChI is InChI=1S/C73H122O6/c1-4-7-10-13-16-19-21-23-25-27-29-30-31-32-33-34-35-36-37-38-39-40-41-42-44-45-47-49-51-54-57-60-63-66-72(75)78-69-70(68-77-71(74)65-62-59-56-53-18-15-12-9-6-3)79-73(76)67-64-61-58-55-52-50-48-46-43-28-26-24-22-20-17-14-11-8-5-2/h7-8,10-11,16-17,19-20,23-26,29-30,32-33,35-36,43,46,70H,4-6,9,12-15,18,21-22,27-28,31,34,37-42,44-45,47-69H2,1-3H3/b10-7-,11-8-,19-16-,20-17-,25-23-,26-24-,30-29-,33-32-,36-35-,46-43-. The van der Waals surface area contributed by atoms with Crippen molar-refractivity contribution < 1.29 is 28.6 Å². The van der Waals surface area contributed by atoms with Crippen molar-refractivity contribution in [1.82, 2.24) is 0 Å². The third-order valence-electron chi connectivity index (χ3n) is 14.0. The minimum absolute atomic E-state index is 0.0825. The fourth-order valence-electron chi connectivity index (χ4n) is 9.09. The Morgan fingerprint density at radius 3 is 0.772 bits per heavy atom. The number of rotatable bonds is 59. The quantitative estimate of drug-likeness (QED) is 0.0261. The molecule has 0 N–H and O–H groups in total. The van der Waals surface area contributed by atoms with Crippen molar-refractivity contribution >= 4 is 17.9 Å². The summed E-state index contributed by atoms with van der Waals surface area (Å²) in [5.41, 5.74) is 0. The van der Waals surface area contributed by atoms with Gasteiger partial charge in [-0.2, -0.15) is 0 Å². The molecule has 0 aliphatic carbocycles. The molecule has 0 heterocycles. The van der Waals surface area contributed by atoms with Gasteiger partial charge in [0.15, 0.2) is 6.10 Å². The molecule has 0 aliphatic rings. The lowest BCUT2D eigenvalue weighted by molar-refractivity contribution is -0.167. The van der Waals surface area contributed by atoms with Crippen LogP contribution in [0.4, 0.5) is 0 Å². The van der Waals surface area contributed by atoms with Gasteiger partial charge in [0, 0.05) is 19.3 Å². The normalized spacial score (nSPS) is 12.9. The van der Waals surface area contributed by atoms with E-state index in [0.29, 0.717) is 19.3 Å². The van der Waals surface area contributed by atoms with Crippen LogP contribution >= 0.6 is 0 Å². The maximum Gasteiger partial charge on any atom is 0.306 e. The number of allylic oxidation sites excluding steroid dienone is 20. The Morgan fingerprint density at radius 2 is 0.494 bits per heavy atom. The molecule has 0 bridgehead atoms. The molecule has 0 saturated heterocycles. The molecule has 0 aromatic heterocycles. The van der Waals surface area contributed by atoms with Crippen LogP contribution in [0.3, 0.4) is 0 Å². The summed E-state index contributed by atoms with van der Waals surface area (Å²) >= 11 is 0. The average Bonchev–Trinajstić information content (AvgIpc) is 3.45. The van der Waals surface area contributed by atoms with Crippen molar-refractivity contribution in [2.45, 2.75) is 309 Å². The average molecular weight is 1100 g/mol. The zero-order valence-corrected chi connectivity index (χ0v) is 51.6. The molecule has 0 aliphatic heterocycles. The zero-order chi connectivity index (χ0) is 57.1. The number of unbranched alkanes of at least 4 members (excludes halogenated alkanes) is 28. The lowest BCUT2D eigenvalue weighted by Gasteiger charge is -2.18. The molecule has 0 rings (SSSR count). The molecular formula is C73H122O6. The second kappa shape index (κ2) is 66.3. The monoisotopic (exact) mass is 1090 g/mol. The molecule has 1 atom stereocenters. The van der Waals surface area contributed by atoms with Crippen LogP contribution in [-0.4, -0.2) is 37.2 Å². The van der Waals surface area contributed by atoms with Crippen LogP contribution in [0.1, 0.15) is 303 Å². The predicted octanol–water partition coefficient (Wildman–Crippen LogP) is 22.8. The van der Waals surface area contributed by atoms with Crippen LogP contribution in [0, 0.1) is 0 Å². The van der Waals surface area contributed by atoms with Crippen LogP contribution in [0.2, 0.25) is 0 Å². The minimum atomic E-state index is -0.786. The van der Waals surface area contributed by atoms with Crippen LogP contribution in [-0.2, 0) is 28.6 Å². The topological polar surface area (TPSA) is 78.9 Å². The van der Waals surface area contributed by atoms with Gasteiger partial charge in [0.1, 0.15) is 13.2 Å². The Hall–Kier alpha value is -4.19. The first-order valence-corrected chi connectivity index (χ1v) is 33.0. The predicted molar refractivity (Wildman–Crippen MR) is 343 cm³/mol. The van der Waals surface area contributed by atoms with Gasteiger partial charge in [0.2, 0.25) is 0 Å². The highest BCUT2D eigenvalue weighted by atomic mass is 16.6. The van der Waals surface area contributed by atoms with Gasteiger partial charge in [0.05, 0.1) is 0 Å². The third-order valence-corrected chi connectivity index (χ3v) is 14.0. The van der Waals surface area contributed by atoms with Gasteiger partial charge >= 0.3 is 17.9 Å². The van der Waals surface area contributed by atoms with Crippen molar-refractivity contribution in [3.05, 3.63) is 122 Å². The van der Waals surface area contributed by atoms with Crippen LogP contribution in [0.5, 0.6) is 0 Å². The van der Waals surface area contributed by atoms with E-state index in [0.717, 1.165) is 135 Å². The van der Waals surface area contributed by atoms with E-state index in [4.69, 9.17) is 14.2 Å². The first-order chi connectivity index (χ1) is 39.0. The number of esters is 3. The van der Waals surface area contributed by atoms with E-state index < -0.39 is 6.10 Å².